The Morgan fingerprint density at radius 3 is 3.00 bits per heavy atom. The van der Waals surface area contributed by atoms with E-state index >= 15 is 0 Å². The zero-order valence-electron chi connectivity index (χ0n) is 7.40. The second kappa shape index (κ2) is 2.36. The van der Waals surface area contributed by atoms with Crippen LogP contribution in [-0.4, -0.2) is 21.3 Å². The second-order valence-corrected chi connectivity index (χ2v) is 4.30. The molecule has 0 fully saturated rings. The fourth-order valence-electron chi connectivity index (χ4n) is 1.38. The first-order valence-corrected chi connectivity index (χ1v) is 4.75. The van der Waals surface area contributed by atoms with Crippen molar-refractivity contribution in [3.63, 3.8) is 0 Å². The number of amidine groups is 1. The van der Waals surface area contributed by atoms with Gasteiger partial charge in [0.05, 0.1) is 11.1 Å². The molecule has 0 aliphatic carbocycles. The van der Waals surface area contributed by atoms with E-state index in [9.17, 15) is 0 Å². The summed E-state index contributed by atoms with van der Waals surface area (Å²) in [5.74, 6) is 0. The molecule has 0 radical (unpaired) electrons. The van der Waals surface area contributed by atoms with E-state index in [1.54, 1.807) is 11.8 Å². The number of fused-ring (bicyclic) bond motifs is 1. The molecule has 2 rings (SSSR count). The zero-order chi connectivity index (χ0) is 8.77. The smallest absolute Gasteiger partial charge is 0.191 e. The van der Waals surface area contributed by atoms with E-state index in [4.69, 9.17) is 0 Å². The van der Waals surface area contributed by atoms with Crippen LogP contribution in [0.3, 0.4) is 0 Å². The average Bonchev–Trinajstić information content (AvgIpc) is 2.31. The minimum Gasteiger partial charge on any atom is -0.250 e. The first-order chi connectivity index (χ1) is 5.58. The van der Waals surface area contributed by atoms with Crippen molar-refractivity contribution in [2.45, 2.75) is 26.3 Å². The van der Waals surface area contributed by atoms with Crippen LogP contribution in [0.5, 0.6) is 0 Å². The maximum atomic E-state index is 4.53. The molecular weight excluding hydrogens is 170 g/mol. The van der Waals surface area contributed by atoms with Crippen LogP contribution in [-0.2, 0) is 0 Å². The number of hydrogen-bond donors (Lipinski definition) is 0. The molecule has 0 atom stereocenters. The van der Waals surface area contributed by atoms with E-state index in [2.05, 4.69) is 36.9 Å². The molecule has 2 aliphatic heterocycles. The zero-order valence-corrected chi connectivity index (χ0v) is 8.22. The SMILES string of the molecule is CC1=CC(C)(C)N=C2SC=NN12. The summed E-state index contributed by atoms with van der Waals surface area (Å²) in [6, 6.07) is 0. The van der Waals surface area contributed by atoms with Gasteiger partial charge in [-0.1, -0.05) is 0 Å². The number of hydrogen-bond acceptors (Lipinski definition) is 4. The lowest BCUT2D eigenvalue weighted by atomic mass is 10.0. The molecule has 0 saturated carbocycles. The van der Waals surface area contributed by atoms with Gasteiger partial charge in [-0.2, -0.15) is 5.10 Å². The van der Waals surface area contributed by atoms with Crippen molar-refractivity contribution >= 4 is 22.5 Å². The van der Waals surface area contributed by atoms with Crippen LogP contribution in [0.1, 0.15) is 20.8 Å². The lowest BCUT2D eigenvalue weighted by molar-refractivity contribution is 0.507. The Hall–Kier alpha value is -0.770. The van der Waals surface area contributed by atoms with E-state index in [1.165, 1.54) is 0 Å². The number of thioether (sulfide) groups is 1. The largest absolute Gasteiger partial charge is 0.250 e. The first kappa shape index (κ1) is 7.86. The first-order valence-electron chi connectivity index (χ1n) is 3.87. The molecule has 64 valence electrons. The molecule has 0 saturated heterocycles. The highest BCUT2D eigenvalue weighted by molar-refractivity contribution is 8.25. The highest BCUT2D eigenvalue weighted by atomic mass is 32.2. The van der Waals surface area contributed by atoms with Gasteiger partial charge in [0, 0.05) is 5.70 Å². The van der Waals surface area contributed by atoms with Crippen LogP contribution in [0.4, 0.5) is 0 Å². The van der Waals surface area contributed by atoms with Crippen molar-refractivity contribution in [2.24, 2.45) is 10.1 Å². The minimum absolute atomic E-state index is 0.0728. The number of aliphatic imine (C=N–C) groups is 1. The van der Waals surface area contributed by atoms with Crippen molar-refractivity contribution in [1.82, 2.24) is 5.01 Å². The van der Waals surface area contributed by atoms with Crippen LogP contribution in [0.25, 0.3) is 0 Å². The van der Waals surface area contributed by atoms with E-state index in [0.717, 1.165) is 10.9 Å². The molecule has 2 aliphatic rings. The molecule has 12 heavy (non-hydrogen) atoms. The summed E-state index contributed by atoms with van der Waals surface area (Å²) >= 11 is 1.58. The molecule has 0 aromatic carbocycles. The third kappa shape index (κ3) is 1.16. The summed E-state index contributed by atoms with van der Waals surface area (Å²) < 4.78 is 0. The highest BCUT2D eigenvalue weighted by Crippen LogP contribution is 2.29. The van der Waals surface area contributed by atoms with Crippen molar-refractivity contribution in [2.75, 3.05) is 0 Å². The van der Waals surface area contributed by atoms with Crippen molar-refractivity contribution in [3.8, 4) is 0 Å². The van der Waals surface area contributed by atoms with Gasteiger partial charge in [0.2, 0.25) is 0 Å². The van der Waals surface area contributed by atoms with Crippen molar-refractivity contribution in [1.29, 1.82) is 0 Å². The molecular formula is C8H11N3S. The third-order valence-electron chi connectivity index (χ3n) is 1.78. The topological polar surface area (TPSA) is 28.0 Å². The highest BCUT2D eigenvalue weighted by Gasteiger charge is 2.27. The van der Waals surface area contributed by atoms with E-state index in [0.29, 0.717) is 0 Å². The van der Waals surface area contributed by atoms with Gasteiger partial charge >= 0.3 is 0 Å². The summed E-state index contributed by atoms with van der Waals surface area (Å²) in [5.41, 5.74) is 2.90. The van der Waals surface area contributed by atoms with Gasteiger partial charge in [-0.25, -0.2) is 10.0 Å². The Kier molecular flexibility index (Phi) is 1.54. The van der Waals surface area contributed by atoms with Gasteiger partial charge in [-0.05, 0) is 38.6 Å². The van der Waals surface area contributed by atoms with Gasteiger partial charge in [0.1, 0.15) is 0 Å². The number of rotatable bonds is 0. The third-order valence-corrected chi connectivity index (χ3v) is 2.46. The van der Waals surface area contributed by atoms with Gasteiger partial charge in [0.25, 0.3) is 0 Å². The molecule has 2 heterocycles. The lowest BCUT2D eigenvalue weighted by Crippen LogP contribution is -2.29. The molecule has 0 N–H and O–H groups in total. The summed E-state index contributed by atoms with van der Waals surface area (Å²) in [7, 11) is 0. The van der Waals surface area contributed by atoms with E-state index in [1.807, 2.05) is 10.6 Å². The van der Waals surface area contributed by atoms with Gasteiger partial charge in [-0.3, -0.25) is 0 Å². The van der Waals surface area contributed by atoms with Crippen molar-refractivity contribution in [3.05, 3.63) is 11.8 Å². The van der Waals surface area contributed by atoms with E-state index in [-0.39, 0.29) is 5.54 Å². The Bertz CT molecular complexity index is 301. The molecule has 0 aromatic heterocycles. The Balaban J connectivity index is 2.40. The number of allylic oxidation sites excluding steroid dienone is 1. The normalized spacial score (nSPS) is 25.1. The average molecular weight is 181 g/mol. The monoisotopic (exact) mass is 181 g/mol. The fraction of sp³-hybridized carbons (Fsp3) is 0.500. The Labute approximate surface area is 76.2 Å². The molecule has 0 amide bonds. The summed E-state index contributed by atoms with van der Waals surface area (Å²) in [4.78, 5) is 4.53. The van der Waals surface area contributed by atoms with Crippen LogP contribution < -0.4 is 0 Å². The maximum Gasteiger partial charge on any atom is 0.191 e. The fourth-order valence-corrected chi connectivity index (χ4v) is 2.20. The predicted octanol–water partition coefficient (Wildman–Crippen LogP) is 2.03. The minimum atomic E-state index is -0.0728. The molecule has 0 bridgehead atoms. The quantitative estimate of drug-likeness (QED) is 0.572. The van der Waals surface area contributed by atoms with Gasteiger partial charge in [-0.15, -0.1) is 0 Å². The molecule has 3 nitrogen and oxygen atoms in total. The molecule has 0 spiro atoms. The summed E-state index contributed by atoms with van der Waals surface area (Å²) in [5, 5.41) is 7.03. The van der Waals surface area contributed by atoms with Crippen LogP contribution >= 0.6 is 11.8 Å². The summed E-state index contributed by atoms with van der Waals surface area (Å²) in [6.07, 6.45) is 2.12. The predicted molar refractivity (Wildman–Crippen MR) is 53.2 cm³/mol. The molecule has 0 aromatic rings. The second-order valence-electron chi connectivity index (χ2n) is 3.48. The molecule has 4 heteroatoms. The summed E-state index contributed by atoms with van der Waals surface area (Å²) in [6.45, 7) is 6.25. The maximum absolute atomic E-state index is 4.53. The Morgan fingerprint density at radius 1 is 1.50 bits per heavy atom. The van der Waals surface area contributed by atoms with Crippen LogP contribution in [0, 0.1) is 0 Å². The van der Waals surface area contributed by atoms with Gasteiger partial charge < -0.3 is 0 Å². The number of nitrogens with zero attached hydrogens (tertiary/aromatic N) is 3. The van der Waals surface area contributed by atoms with Gasteiger partial charge in [0.15, 0.2) is 5.17 Å². The Morgan fingerprint density at radius 2 is 2.25 bits per heavy atom. The lowest BCUT2D eigenvalue weighted by Gasteiger charge is -2.27. The molecule has 0 unspecified atom stereocenters. The van der Waals surface area contributed by atoms with Crippen LogP contribution in [0.15, 0.2) is 21.9 Å². The van der Waals surface area contributed by atoms with Crippen LogP contribution in [0.2, 0.25) is 0 Å². The standard InChI is InChI=1S/C8H11N3S/c1-6-4-8(2,3)10-7-11(6)9-5-12-7/h4-5H,1-3H3. The van der Waals surface area contributed by atoms with E-state index < -0.39 is 0 Å². The number of hydrazone groups is 1. The van der Waals surface area contributed by atoms with Crippen molar-refractivity contribution < 1.29 is 0 Å².